The van der Waals surface area contributed by atoms with Gasteiger partial charge in [-0.2, -0.15) is 0 Å². The molecule has 0 bridgehead atoms. The lowest BCUT2D eigenvalue weighted by Gasteiger charge is -2.05. The summed E-state index contributed by atoms with van der Waals surface area (Å²) in [5.41, 5.74) is 8.36. The first-order valence-electron chi connectivity index (χ1n) is 5.37. The SMILES string of the molecule is Nc1ccc(C(=O)NCCc2cscn2)c(F)c1. The lowest BCUT2D eigenvalue weighted by atomic mass is 10.2. The largest absolute Gasteiger partial charge is 0.399 e. The lowest BCUT2D eigenvalue weighted by molar-refractivity contribution is 0.0950. The molecule has 2 aromatic rings. The number of nitrogens with zero attached hydrogens (tertiary/aromatic N) is 1. The molecule has 6 heteroatoms. The molecule has 1 amide bonds. The number of nitrogens with two attached hydrogens (primary N) is 1. The van der Waals surface area contributed by atoms with Crippen LogP contribution in [0.1, 0.15) is 16.1 Å². The predicted molar refractivity (Wildman–Crippen MR) is 69.0 cm³/mol. The normalized spacial score (nSPS) is 10.3. The van der Waals surface area contributed by atoms with Crippen LogP contribution in [0.5, 0.6) is 0 Å². The molecule has 0 unspecified atom stereocenters. The topological polar surface area (TPSA) is 68.0 Å². The Morgan fingerprint density at radius 2 is 2.33 bits per heavy atom. The van der Waals surface area contributed by atoms with E-state index in [1.165, 1.54) is 23.5 Å². The minimum atomic E-state index is -0.610. The van der Waals surface area contributed by atoms with Gasteiger partial charge in [0.05, 0.1) is 16.8 Å². The second-order valence-electron chi connectivity index (χ2n) is 3.72. The minimum Gasteiger partial charge on any atom is -0.399 e. The first-order valence-corrected chi connectivity index (χ1v) is 6.31. The van der Waals surface area contributed by atoms with Gasteiger partial charge in [0.1, 0.15) is 5.82 Å². The summed E-state index contributed by atoms with van der Waals surface area (Å²) in [5.74, 6) is -1.05. The van der Waals surface area contributed by atoms with E-state index in [0.717, 1.165) is 11.8 Å². The number of aromatic nitrogens is 1. The Bertz CT molecular complexity index is 542. The van der Waals surface area contributed by atoms with Gasteiger partial charge in [-0.3, -0.25) is 4.79 Å². The van der Waals surface area contributed by atoms with E-state index < -0.39 is 11.7 Å². The molecule has 0 aliphatic rings. The molecule has 0 aliphatic heterocycles. The van der Waals surface area contributed by atoms with Crippen molar-refractivity contribution in [2.45, 2.75) is 6.42 Å². The van der Waals surface area contributed by atoms with E-state index in [4.69, 9.17) is 5.73 Å². The summed E-state index contributed by atoms with van der Waals surface area (Å²) >= 11 is 1.50. The third-order valence-electron chi connectivity index (χ3n) is 2.39. The monoisotopic (exact) mass is 265 g/mol. The van der Waals surface area contributed by atoms with Crippen molar-refractivity contribution in [3.8, 4) is 0 Å². The number of rotatable bonds is 4. The molecule has 0 atom stereocenters. The quantitative estimate of drug-likeness (QED) is 0.829. The van der Waals surface area contributed by atoms with Gasteiger partial charge in [0.2, 0.25) is 0 Å². The van der Waals surface area contributed by atoms with Crippen molar-refractivity contribution in [2.75, 3.05) is 12.3 Å². The summed E-state index contributed by atoms with van der Waals surface area (Å²) < 4.78 is 13.5. The number of hydrogen-bond donors (Lipinski definition) is 2. The maximum atomic E-state index is 13.5. The van der Waals surface area contributed by atoms with Crippen molar-refractivity contribution >= 4 is 22.9 Å². The predicted octanol–water partition coefficient (Wildman–Crippen LogP) is 1.84. The van der Waals surface area contributed by atoms with Gasteiger partial charge in [-0.05, 0) is 18.2 Å². The fraction of sp³-hybridized carbons (Fsp3) is 0.167. The van der Waals surface area contributed by atoms with E-state index in [1.807, 2.05) is 5.38 Å². The number of benzene rings is 1. The van der Waals surface area contributed by atoms with E-state index in [2.05, 4.69) is 10.3 Å². The van der Waals surface area contributed by atoms with E-state index in [0.29, 0.717) is 18.7 Å². The molecular weight excluding hydrogens is 253 g/mol. The average molecular weight is 265 g/mol. The molecular formula is C12H12FN3OS. The number of thiazole rings is 1. The van der Waals surface area contributed by atoms with E-state index >= 15 is 0 Å². The van der Waals surface area contributed by atoms with Gasteiger partial charge >= 0.3 is 0 Å². The number of nitrogens with one attached hydrogen (secondary N) is 1. The summed E-state index contributed by atoms with van der Waals surface area (Å²) in [5, 5.41) is 4.56. The minimum absolute atomic E-state index is 0.00229. The van der Waals surface area contributed by atoms with Crippen LogP contribution in [0.25, 0.3) is 0 Å². The molecule has 3 N–H and O–H groups in total. The van der Waals surface area contributed by atoms with Gasteiger partial charge in [0, 0.05) is 24.0 Å². The molecule has 0 saturated carbocycles. The molecule has 0 fully saturated rings. The molecule has 0 saturated heterocycles. The zero-order chi connectivity index (χ0) is 13.0. The molecule has 1 aromatic carbocycles. The summed E-state index contributed by atoms with van der Waals surface area (Å²) in [6.45, 7) is 0.423. The van der Waals surface area contributed by atoms with E-state index in [-0.39, 0.29) is 5.56 Å². The van der Waals surface area contributed by atoms with Crippen LogP contribution in [0.2, 0.25) is 0 Å². The zero-order valence-corrected chi connectivity index (χ0v) is 10.3. The molecule has 0 aliphatic carbocycles. The summed E-state index contributed by atoms with van der Waals surface area (Å²) in [6, 6.07) is 4.01. The third-order valence-corrected chi connectivity index (χ3v) is 3.02. The average Bonchev–Trinajstić information content (AvgIpc) is 2.81. The van der Waals surface area contributed by atoms with Gasteiger partial charge in [0.15, 0.2) is 0 Å². The van der Waals surface area contributed by atoms with E-state index in [1.54, 1.807) is 5.51 Å². The van der Waals surface area contributed by atoms with Crippen LogP contribution in [0.3, 0.4) is 0 Å². The van der Waals surface area contributed by atoms with Crippen molar-refractivity contribution in [2.24, 2.45) is 0 Å². The first-order chi connectivity index (χ1) is 8.66. The van der Waals surface area contributed by atoms with Crippen molar-refractivity contribution in [1.29, 1.82) is 0 Å². The van der Waals surface area contributed by atoms with Crippen LogP contribution >= 0.6 is 11.3 Å². The smallest absolute Gasteiger partial charge is 0.254 e. The molecule has 0 spiro atoms. The summed E-state index contributed by atoms with van der Waals surface area (Å²) in [6.07, 6.45) is 0.631. The standard InChI is InChI=1S/C12H12FN3OS/c13-11-5-8(14)1-2-10(11)12(17)15-4-3-9-6-18-7-16-9/h1-2,5-7H,3-4,14H2,(H,15,17). The van der Waals surface area contributed by atoms with Crippen molar-refractivity contribution in [1.82, 2.24) is 10.3 Å². The number of hydrogen-bond acceptors (Lipinski definition) is 4. The summed E-state index contributed by atoms with van der Waals surface area (Å²) in [7, 11) is 0. The number of nitrogen functional groups attached to an aromatic ring is 1. The highest BCUT2D eigenvalue weighted by atomic mass is 32.1. The number of amides is 1. The maximum Gasteiger partial charge on any atom is 0.254 e. The molecule has 0 radical (unpaired) electrons. The Morgan fingerprint density at radius 1 is 1.50 bits per heavy atom. The van der Waals surface area contributed by atoms with Gasteiger partial charge < -0.3 is 11.1 Å². The van der Waals surface area contributed by atoms with Crippen LogP contribution in [0.4, 0.5) is 10.1 Å². The number of anilines is 1. The van der Waals surface area contributed by atoms with Crippen LogP contribution in [-0.2, 0) is 6.42 Å². The molecule has 18 heavy (non-hydrogen) atoms. The third kappa shape index (κ3) is 3.04. The van der Waals surface area contributed by atoms with Gasteiger partial charge in [-0.15, -0.1) is 11.3 Å². The van der Waals surface area contributed by atoms with Crippen LogP contribution < -0.4 is 11.1 Å². The van der Waals surface area contributed by atoms with Crippen LogP contribution in [-0.4, -0.2) is 17.4 Å². The first kappa shape index (κ1) is 12.5. The second kappa shape index (κ2) is 5.59. The Morgan fingerprint density at radius 3 is 3.00 bits per heavy atom. The fourth-order valence-corrected chi connectivity index (χ4v) is 2.07. The molecule has 4 nitrogen and oxygen atoms in total. The fourth-order valence-electron chi connectivity index (χ4n) is 1.48. The van der Waals surface area contributed by atoms with Crippen molar-refractivity contribution in [3.63, 3.8) is 0 Å². The second-order valence-corrected chi connectivity index (χ2v) is 4.44. The maximum absolute atomic E-state index is 13.5. The number of carbonyl (C=O) groups is 1. The van der Waals surface area contributed by atoms with Gasteiger partial charge in [-0.25, -0.2) is 9.37 Å². The molecule has 1 aromatic heterocycles. The number of halogens is 1. The van der Waals surface area contributed by atoms with Gasteiger partial charge in [-0.1, -0.05) is 0 Å². The van der Waals surface area contributed by atoms with Crippen molar-refractivity contribution < 1.29 is 9.18 Å². The molecule has 94 valence electrons. The Hall–Kier alpha value is -1.95. The molecule has 2 rings (SSSR count). The van der Waals surface area contributed by atoms with Crippen LogP contribution in [0, 0.1) is 5.82 Å². The summed E-state index contributed by atoms with van der Waals surface area (Å²) in [4.78, 5) is 15.8. The highest BCUT2D eigenvalue weighted by molar-refractivity contribution is 7.07. The highest BCUT2D eigenvalue weighted by Crippen LogP contribution is 2.11. The van der Waals surface area contributed by atoms with Crippen LogP contribution in [0.15, 0.2) is 29.1 Å². The van der Waals surface area contributed by atoms with Gasteiger partial charge in [0.25, 0.3) is 5.91 Å². The number of carbonyl (C=O) groups excluding carboxylic acids is 1. The highest BCUT2D eigenvalue weighted by Gasteiger charge is 2.11. The zero-order valence-electron chi connectivity index (χ0n) is 9.52. The van der Waals surface area contributed by atoms with Crippen molar-refractivity contribution in [3.05, 3.63) is 46.2 Å². The Labute approximate surface area is 108 Å². The Kier molecular flexibility index (Phi) is 3.88. The van der Waals surface area contributed by atoms with E-state index in [9.17, 15) is 9.18 Å². The molecule has 1 heterocycles. The Balaban J connectivity index is 1.91. The lowest BCUT2D eigenvalue weighted by Crippen LogP contribution is -2.26.